The van der Waals surface area contributed by atoms with Crippen molar-refractivity contribution in [3.05, 3.63) is 59.4 Å². The molecule has 1 amide bonds. The van der Waals surface area contributed by atoms with E-state index in [9.17, 15) is 22.4 Å². The maximum atomic E-state index is 13.1. The lowest BCUT2D eigenvalue weighted by Crippen LogP contribution is -2.42. The Morgan fingerprint density at radius 2 is 1.93 bits per heavy atom. The molecule has 1 fully saturated rings. The molecule has 0 saturated carbocycles. The monoisotopic (exact) mass is 440 g/mol. The van der Waals surface area contributed by atoms with Crippen molar-refractivity contribution in [3.8, 4) is 0 Å². The van der Waals surface area contributed by atoms with Crippen LogP contribution in [0.3, 0.4) is 0 Å². The third-order valence-corrected chi connectivity index (χ3v) is 6.52. The molecule has 2 aromatic carbocycles. The summed E-state index contributed by atoms with van der Waals surface area (Å²) < 4.78 is 44.9. The van der Waals surface area contributed by atoms with Crippen molar-refractivity contribution < 1.29 is 27.1 Å². The molecule has 154 valence electrons. The molecular formula is C19H18ClFN2O5S. The standard InChI is InChI=1S/C19H18ClFN2O5S/c20-13-6-8-16(9-7-13)29(26,27)23-10-2-5-17(23)19(25)28-12-18(24)22-15-4-1-3-14(21)11-15/h1,3-4,6-9,11,17H,2,5,10,12H2,(H,22,24). The summed E-state index contributed by atoms with van der Waals surface area (Å²) in [5.41, 5.74) is 0.221. The summed E-state index contributed by atoms with van der Waals surface area (Å²) in [7, 11) is -3.91. The number of carbonyl (C=O) groups is 2. The summed E-state index contributed by atoms with van der Waals surface area (Å²) in [6.07, 6.45) is 0.777. The summed E-state index contributed by atoms with van der Waals surface area (Å²) in [4.78, 5) is 24.3. The van der Waals surface area contributed by atoms with Crippen LogP contribution in [-0.2, 0) is 24.3 Å². The zero-order chi connectivity index (χ0) is 21.0. The van der Waals surface area contributed by atoms with Crippen LogP contribution < -0.4 is 5.32 Å². The number of benzene rings is 2. The Balaban J connectivity index is 1.62. The lowest BCUT2D eigenvalue weighted by molar-refractivity contribution is -0.150. The van der Waals surface area contributed by atoms with E-state index in [-0.39, 0.29) is 23.5 Å². The van der Waals surface area contributed by atoms with Crippen LogP contribution in [0.1, 0.15) is 12.8 Å². The number of carbonyl (C=O) groups excluding carboxylic acids is 2. The Morgan fingerprint density at radius 1 is 1.21 bits per heavy atom. The molecule has 1 atom stereocenters. The Labute approximate surface area is 172 Å². The minimum atomic E-state index is -3.91. The minimum Gasteiger partial charge on any atom is -0.454 e. The molecule has 1 unspecified atom stereocenters. The van der Waals surface area contributed by atoms with Crippen LogP contribution >= 0.6 is 11.6 Å². The third kappa shape index (κ3) is 5.11. The number of nitrogens with zero attached hydrogens (tertiary/aromatic N) is 1. The number of anilines is 1. The number of sulfonamides is 1. The van der Waals surface area contributed by atoms with E-state index in [0.717, 1.165) is 10.4 Å². The molecule has 3 rings (SSSR count). The zero-order valence-corrected chi connectivity index (χ0v) is 16.7. The van der Waals surface area contributed by atoms with Crippen molar-refractivity contribution in [1.29, 1.82) is 0 Å². The van der Waals surface area contributed by atoms with Crippen molar-refractivity contribution in [3.63, 3.8) is 0 Å². The summed E-state index contributed by atoms with van der Waals surface area (Å²) in [6, 6.07) is 9.88. The van der Waals surface area contributed by atoms with Gasteiger partial charge in [-0.25, -0.2) is 12.8 Å². The van der Waals surface area contributed by atoms with Gasteiger partial charge in [0.1, 0.15) is 11.9 Å². The van der Waals surface area contributed by atoms with Crippen LogP contribution in [0.2, 0.25) is 5.02 Å². The van der Waals surface area contributed by atoms with E-state index in [0.29, 0.717) is 11.4 Å². The van der Waals surface area contributed by atoms with Gasteiger partial charge in [-0.3, -0.25) is 9.59 Å². The first kappa shape index (κ1) is 21.2. The van der Waals surface area contributed by atoms with Crippen molar-refractivity contribution in [2.75, 3.05) is 18.5 Å². The van der Waals surface area contributed by atoms with E-state index in [4.69, 9.17) is 16.3 Å². The lowest BCUT2D eigenvalue weighted by atomic mass is 10.2. The molecule has 29 heavy (non-hydrogen) atoms. The summed E-state index contributed by atoms with van der Waals surface area (Å²) in [5.74, 6) is -1.99. The van der Waals surface area contributed by atoms with Crippen LogP contribution in [0.4, 0.5) is 10.1 Å². The predicted octanol–water partition coefficient (Wildman–Crippen LogP) is 2.81. The number of esters is 1. The molecule has 0 bridgehead atoms. The van der Waals surface area contributed by atoms with E-state index in [1.54, 1.807) is 0 Å². The molecule has 0 aromatic heterocycles. The van der Waals surface area contributed by atoms with Gasteiger partial charge in [0.2, 0.25) is 10.0 Å². The van der Waals surface area contributed by atoms with Crippen LogP contribution in [0.15, 0.2) is 53.4 Å². The van der Waals surface area contributed by atoms with E-state index in [2.05, 4.69) is 5.32 Å². The Kier molecular flexibility index (Phi) is 6.51. The summed E-state index contributed by atoms with van der Waals surface area (Å²) in [6.45, 7) is -0.444. The average molecular weight is 441 g/mol. The fourth-order valence-electron chi connectivity index (χ4n) is 3.00. The second-order valence-electron chi connectivity index (χ2n) is 6.39. The number of nitrogens with one attached hydrogen (secondary N) is 1. The van der Waals surface area contributed by atoms with Gasteiger partial charge in [0, 0.05) is 17.3 Å². The predicted molar refractivity (Wildman–Crippen MR) is 104 cm³/mol. The molecule has 0 aliphatic carbocycles. The van der Waals surface area contributed by atoms with Crippen molar-refractivity contribution in [2.45, 2.75) is 23.8 Å². The van der Waals surface area contributed by atoms with Gasteiger partial charge >= 0.3 is 5.97 Å². The molecule has 1 heterocycles. The third-order valence-electron chi connectivity index (χ3n) is 4.35. The van der Waals surface area contributed by atoms with Gasteiger partial charge in [0.05, 0.1) is 4.90 Å². The maximum Gasteiger partial charge on any atom is 0.324 e. The molecule has 1 saturated heterocycles. The van der Waals surface area contributed by atoms with Gasteiger partial charge in [-0.2, -0.15) is 4.31 Å². The highest BCUT2D eigenvalue weighted by atomic mass is 35.5. The van der Waals surface area contributed by atoms with E-state index < -0.39 is 40.4 Å². The van der Waals surface area contributed by atoms with E-state index in [1.165, 1.54) is 42.5 Å². The molecule has 1 aliphatic heterocycles. The van der Waals surface area contributed by atoms with Crippen molar-refractivity contribution in [1.82, 2.24) is 4.31 Å². The van der Waals surface area contributed by atoms with Crippen LogP contribution in [0.25, 0.3) is 0 Å². The van der Waals surface area contributed by atoms with Gasteiger partial charge in [0.15, 0.2) is 6.61 Å². The number of amides is 1. The SMILES string of the molecule is O=C(COC(=O)C1CCCN1S(=O)(=O)c1ccc(Cl)cc1)Nc1cccc(F)c1. The number of hydrogen-bond acceptors (Lipinski definition) is 5. The Bertz CT molecular complexity index is 1010. The molecule has 1 aliphatic rings. The van der Waals surface area contributed by atoms with Gasteiger partial charge < -0.3 is 10.1 Å². The first-order chi connectivity index (χ1) is 13.8. The van der Waals surface area contributed by atoms with Crippen molar-refractivity contribution in [2.24, 2.45) is 0 Å². The second kappa shape index (κ2) is 8.89. The Hall–Kier alpha value is -2.49. The average Bonchev–Trinajstić information content (AvgIpc) is 3.17. The van der Waals surface area contributed by atoms with E-state index >= 15 is 0 Å². The molecule has 0 spiro atoms. The van der Waals surface area contributed by atoms with Gasteiger partial charge in [-0.05, 0) is 55.3 Å². The first-order valence-corrected chi connectivity index (χ1v) is 10.6. The first-order valence-electron chi connectivity index (χ1n) is 8.77. The topological polar surface area (TPSA) is 92.8 Å². The van der Waals surface area contributed by atoms with Gasteiger partial charge in [0.25, 0.3) is 5.91 Å². The second-order valence-corrected chi connectivity index (χ2v) is 8.72. The minimum absolute atomic E-state index is 0.0189. The highest BCUT2D eigenvalue weighted by Gasteiger charge is 2.40. The molecule has 10 heteroatoms. The fraction of sp³-hybridized carbons (Fsp3) is 0.263. The lowest BCUT2D eigenvalue weighted by Gasteiger charge is -2.22. The number of hydrogen-bond donors (Lipinski definition) is 1. The smallest absolute Gasteiger partial charge is 0.324 e. The Morgan fingerprint density at radius 3 is 2.62 bits per heavy atom. The van der Waals surface area contributed by atoms with E-state index in [1.807, 2.05) is 0 Å². The van der Waals surface area contributed by atoms with Gasteiger partial charge in [-0.15, -0.1) is 0 Å². The fourth-order valence-corrected chi connectivity index (χ4v) is 4.77. The van der Waals surface area contributed by atoms with Crippen LogP contribution in [0.5, 0.6) is 0 Å². The zero-order valence-electron chi connectivity index (χ0n) is 15.2. The van der Waals surface area contributed by atoms with Crippen molar-refractivity contribution >= 4 is 39.2 Å². The molecule has 2 aromatic rings. The molecule has 1 N–H and O–H groups in total. The summed E-state index contributed by atoms with van der Waals surface area (Å²) in [5, 5.41) is 2.79. The molecule has 0 radical (unpaired) electrons. The van der Waals surface area contributed by atoms with Crippen LogP contribution in [0, 0.1) is 5.82 Å². The highest BCUT2D eigenvalue weighted by Crippen LogP contribution is 2.27. The summed E-state index contributed by atoms with van der Waals surface area (Å²) >= 11 is 5.80. The molecule has 7 nitrogen and oxygen atoms in total. The molecular weight excluding hydrogens is 423 g/mol. The maximum absolute atomic E-state index is 13.1. The quantitative estimate of drug-likeness (QED) is 0.697. The largest absolute Gasteiger partial charge is 0.454 e. The van der Waals surface area contributed by atoms with Gasteiger partial charge in [-0.1, -0.05) is 17.7 Å². The van der Waals surface area contributed by atoms with Crippen LogP contribution in [-0.4, -0.2) is 43.8 Å². The number of ether oxygens (including phenoxy) is 1. The number of halogens is 2. The highest BCUT2D eigenvalue weighted by molar-refractivity contribution is 7.89. The normalized spacial score (nSPS) is 17.1. The number of rotatable bonds is 6.